The predicted octanol–water partition coefficient (Wildman–Crippen LogP) is 0.940. The van der Waals surface area contributed by atoms with Crippen LogP contribution in [0.4, 0.5) is 0 Å². The second kappa shape index (κ2) is 6.41. The molecule has 2 N–H and O–H groups in total. The fraction of sp³-hybridized carbons (Fsp3) is 0.750. The van der Waals surface area contributed by atoms with Crippen LogP contribution in [0.15, 0.2) is 0 Å². The van der Waals surface area contributed by atoms with Gasteiger partial charge in [0, 0.05) is 20.1 Å². The fourth-order valence-corrected chi connectivity index (χ4v) is 2.59. The highest BCUT2D eigenvalue weighted by Gasteiger charge is 2.24. The summed E-state index contributed by atoms with van der Waals surface area (Å²) in [6, 6.07) is 0. The van der Waals surface area contributed by atoms with Gasteiger partial charge in [-0.15, -0.1) is 12.4 Å². The van der Waals surface area contributed by atoms with Crippen LogP contribution in [0, 0.1) is 12.8 Å². The van der Waals surface area contributed by atoms with Crippen molar-refractivity contribution in [1.29, 1.82) is 0 Å². The molecule has 1 aliphatic rings. The maximum Gasteiger partial charge on any atom is 0.216 e. The molecular weight excluding hydrogens is 252 g/mol. The molecule has 0 amide bonds. The normalized spacial score (nSPS) is 19.9. The van der Waals surface area contributed by atoms with E-state index in [1.54, 1.807) is 11.8 Å². The standard InChI is InChI=1S/C12H22N4O.ClH/c1-9-11(12(17-3)15(2)14-9)8-16-5-4-10(6-13)7-16;/h10H,4-8,13H2,1-3H3;1H. The summed E-state index contributed by atoms with van der Waals surface area (Å²) in [5.41, 5.74) is 7.97. The lowest BCUT2D eigenvalue weighted by Gasteiger charge is -2.16. The number of ether oxygens (including phenoxy) is 1. The Hall–Kier alpha value is -0.780. The van der Waals surface area contributed by atoms with Gasteiger partial charge in [-0.3, -0.25) is 4.90 Å². The van der Waals surface area contributed by atoms with Crippen LogP contribution < -0.4 is 10.5 Å². The molecule has 2 rings (SSSR count). The zero-order valence-electron chi connectivity index (χ0n) is 11.3. The SMILES string of the molecule is COc1c(CN2CCC(CN)C2)c(C)nn1C.Cl. The number of likely N-dealkylation sites (tertiary alicyclic amines) is 1. The minimum absolute atomic E-state index is 0. The topological polar surface area (TPSA) is 56.3 Å². The van der Waals surface area contributed by atoms with Gasteiger partial charge >= 0.3 is 0 Å². The maximum atomic E-state index is 5.71. The average molecular weight is 275 g/mol. The van der Waals surface area contributed by atoms with Gasteiger partial charge in [0.25, 0.3) is 0 Å². The van der Waals surface area contributed by atoms with Crippen LogP contribution in [0.1, 0.15) is 17.7 Å². The number of nitrogens with zero attached hydrogens (tertiary/aromatic N) is 3. The van der Waals surface area contributed by atoms with E-state index < -0.39 is 0 Å². The third kappa shape index (κ3) is 2.96. The zero-order valence-corrected chi connectivity index (χ0v) is 12.2. The molecule has 1 saturated heterocycles. The van der Waals surface area contributed by atoms with Gasteiger partial charge in [0.2, 0.25) is 5.88 Å². The first-order valence-electron chi connectivity index (χ1n) is 6.14. The van der Waals surface area contributed by atoms with E-state index in [2.05, 4.69) is 10.00 Å². The van der Waals surface area contributed by atoms with E-state index >= 15 is 0 Å². The van der Waals surface area contributed by atoms with Crippen LogP contribution in [0.25, 0.3) is 0 Å². The van der Waals surface area contributed by atoms with Crippen molar-refractivity contribution in [3.63, 3.8) is 0 Å². The highest BCUT2D eigenvalue weighted by Crippen LogP contribution is 2.25. The fourth-order valence-electron chi connectivity index (χ4n) is 2.59. The van der Waals surface area contributed by atoms with Crippen molar-refractivity contribution in [3.05, 3.63) is 11.3 Å². The van der Waals surface area contributed by atoms with Crippen molar-refractivity contribution in [2.45, 2.75) is 19.9 Å². The maximum absolute atomic E-state index is 5.71. The Morgan fingerprint density at radius 2 is 2.22 bits per heavy atom. The summed E-state index contributed by atoms with van der Waals surface area (Å²) < 4.78 is 7.22. The van der Waals surface area contributed by atoms with Gasteiger partial charge in [-0.1, -0.05) is 0 Å². The van der Waals surface area contributed by atoms with E-state index in [1.807, 2.05) is 14.0 Å². The summed E-state index contributed by atoms with van der Waals surface area (Å²) >= 11 is 0. The molecule has 0 saturated carbocycles. The van der Waals surface area contributed by atoms with Crippen molar-refractivity contribution < 1.29 is 4.74 Å². The second-order valence-corrected chi connectivity index (χ2v) is 4.82. The highest BCUT2D eigenvalue weighted by atomic mass is 35.5. The Kier molecular flexibility index (Phi) is 5.44. The Morgan fingerprint density at radius 1 is 1.50 bits per heavy atom. The van der Waals surface area contributed by atoms with Crippen LogP contribution in [-0.2, 0) is 13.6 Å². The van der Waals surface area contributed by atoms with Crippen LogP contribution in [-0.4, -0.2) is 41.4 Å². The van der Waals surface area contributed by atoms with Crippen molar-refractivity contribution in [1.82, 2.24) is 14.7 Å². The Labute approximate surface area is 115 Å². The molecule has 1 unspecified atom stereocenters. The molecule has 1 aliphatic heterocycles. The third-order valence-corrected chi connectivity index (χ3v) is 3.57. The number of nitrogens with two attached hydrogens (primary N) is 1. The van der Waals surface area contributed by atoms with Crippen molar-refractivity contribution in [3.8, 4) is 5.88 Å². The number of halogens is 1. The van der Waals surface area contributed by atoms with Gasteiger partial charge in [-0.2, -0.15) is 5.10 Å². The summed E-state index contributed by atoms with van der Waals surface area (Å²) in [7, 11) is 3.62. The minimum Gasteiger partial charge on any atom is -0.481 e. The first-order chi connectivity index (χ1) is 8.15. The third-order valence-electron chi connectivity index (χ3n) is 3.57. The van der Waals surface area contributed by atoms with Crippen molar-refractivity contribution in [2.75, 3.05) is 26.7 Å². The van der Waals surface area contributed by atoms with E-state index in [9.17, 15) is 0 Å². The van der Waals surface area contributed by atoms with Gasteiger partial charge in [0.15, 0.2) is 0 Å². The van der Waals surface area contributed by atoms with Crippen LogP contribution in [0.5, 0.6) is 5.88 Å². The summed E-state index contributed by atoms with van der Waals surface area (Å²) in [6.45, 7) is 5.96. The molecule has 0 spiro atoms. The Balaban J connectivity index is 0.00000162. The molecule has 0 bridgehead atoms. The number of hydrogen-bond acceptors (Lipinski definition) is 4. The molecule has 0 aliphatic carbocycles. The molecular formula is C12H23ClN4O. The zero-order chi connectivity index (χ0) is 12.4. The molecule has 1 aromatic rings. The Morgan fingerprint density at radius 3 is 2.78 bits per heavy atom. The molecule has 1 atom stereocenters. The first kappa shape index (κ1) is 15.3. The summed E-state index contributed by atoms with van der Waals surface area (Å²) in [4.78, 5) is 2.43. The lowest BCUT2D eigenvalue weighted by molar-refractivity contribution is 0.305. The van der Waals surface area contributed by atoms with Crippen LogP contribution >= 0.6 is 12.4 Å². The summed E-state index contributed by atoms with van der Waals surface area (Å²) in [5.74, 6) is 1.52. The summed E-state index contributed by atoms with van der Waals surface area (Å²) in [6.07, 6.45) is 1.21. The van der Waals surface area contributed by atoms with Gasteiger partial charge in [0.1, 0.15) is 0 Å². The quantitative estimate of drug-likeness (QED) is 0.888. The number of aromatic nitrogens is 2. The van der Waals surface area contributed by atoms with Crippen LogP contribution in [0.2, 0.25) is 0 Å². The summed E-state index contributed by atoms with van der Waals surface area (Å²) in [5, 5.41) is 4.40. The molecule has 2 heterocycles. The highest BCUT2D eigenvalue weighted by molar-refractivity contribution is 5.85. The molecule has 18 heavy (non-hydrogen) atoms. The minimum atomic E-state index is 0. The van der Waals surface area contributed by atoms with Crippen LogP contribution in [0.3, 0.4) is 0 Å². The molecule has 1 fully saturated rings. The second-order valence-electron chi connectivity index (χ2n) is 4.82. The molecule has 6 heteroatoms. The number of aryl methyl sites for hydroxylation is 2. The van der Waals surface area contributed by atoms with Gasteiger partial charge < -0.3 is 10.5 Å². The Bertz CT molecular complexity index is 394. The van der Waals surface area contributed by atoms with Crippen molar-refractivity contribution in [2.24, 2.45) is 18.7 Å². The lowest BCUT2D eigenvalue weighted by atomic mass is 10.1. The first-order valence-corrected chi connectivity index (χ1v) is 6.14. The monoisotopic (exact) mass is 274 g/mol. The van der Waals surface area contributed by atoms with Gasteiger partial charge in [-0.05, 0) is 32.4 Å². The van der Waals surface area contributed by atoms with E-state index in [0.29, 0.717) is 5.92 Å². The molecule has 104 valence electrons. The smallest absolute Gasteiger partial charge is 0.216 e. The largest absolute Gasteiger partial charge is 0.481 e. The van der Waals surface area contributed by atoms with E-state index in [4.69, 9.17) is 10.5 Å². The number of rotatable bonds is 4. The van der Waals surface area contributed by atoms with Crippen molar-refractivity contribution >= 4 is 12.4 Å². The lowest BCUT2D eigenvalue weighted by Crippen LogP contribution is -2.23. The van der Waals surface area contributed by atoms with E-state index in [0.717, 1.165) is 37.8 Å². The number of hydrogen-bond donors (Lipinski definition) is 1. The molecule has 0 aromatic carbocycles. The predicted molar refractivity (Wildman–Crippen MR) is 74.2 cm³/mol. The van der Waals surface area contributed by atoms with Gasteiger partial charge in [0.05, 0.1) is 18.4 Å². The molecule has 0 radical (unpaired) electrons. The number of methoxy groups -OCH3 is 1. The molecule has 1 aromatic heterocycles. The van der Waals surface area contributed by atoms with E-state index in [-0.39, 0.29) is 12.4 Å². The van der Waals surface area contributed by atoms with E-state index in [1.165, 1.54) is 12.0 Å². The van der Waals surface area contributed by atoms with Gasteiger partial charge in [-0.25, -0.2) is 4.68 Å². The molecule has 5 nitrogen and oxygen atoms in total. The average Bonchev–Trinajstić information content (AvgIpc) is 2.85.